The molecule has 1 heterocycles. The lowest BCUT2D eigenvalue weighted by Crippen LogP contribution is -2.41. The summed E-state index contributed by atoms with van der Waals surface area (Å²) in [6.45, 7) is 1.72. The summed E-state index contributed by atoms with van der Waals surface area (Å²) in [6.07, 6.45) is 2.13. The van der Waals surface area contributed by atoms with Gasteiger partial charge in [-0.05, 0) is 45.1 Å². The van der Waals surface area contributed by atoms with Crippen LogP contribution in [0.5, 0.6) is 0 Å². The Morgan fingerprint density at radius 3 is 2.89 bits per heavy atom. The van der Waals surface area contributed by atoms with E-state index in [4.69, 9.17) is 17.3 Å². The second kappa shape index (κ2) is 5.80. The van der Waals surface area contributed by atoms with Crippen molar-refractivity contribution in [2.75, 3.05) is 32.9 Å². The first-order valence-corrected chi connectivity index (χ1v) is 6.87. The van der Waals surface area contributed by atoms with Crippen molar-refractivity contribution in [1.82, 2.24) is 9.80 Å². The van der Waals surface area contributed by atoms with Crippen molar-refractivity contribution in [1.29, 1.82) is 0 Å². The molecule has 1 aromatic rings. The SMILES string of the molecule is CN(C)CC1CCCN1C(=O)c1ccc(Cl)c(N)c1. The van der Waals surface area contributed by atoms with E-state index in [0.29, 0.717) is 22.3 Å². The number of carbonyl (C=O) groups excluding carboxylic acids is 1. The minimum absolute atomic E-state index is 0.0488. The third-order valence-corrected chi connectivity index (χ3v) is 3.80. The number of nitrogens with two attached hydrogens (primary N) is 1. The minimum atomic E-state index is 0.0488. The van der Waals surface area contributed by atoms with E-state index in [1.54, 1.807) is 18.2 Å². The Morgan fingerprint density at radius 1 is 1.53 bits per heavy atom. The van der Waals surface area contributed by atoms with Gasteiger partial charge in [0.15, 0.2) is 0 Å². The molecule has 1 aliphatic rings. The number of hydrogen-bond acceptors (Lipinski definition) is 3. The first-order valence-electron chi connectivity index (χ1n) is 6.50. The maximum Gasteiger partial charge on any atom is 0.254 e. The summed E-state index contributed by atoms with van der Waals surface area (Å²) in [5.41, 5.74) is 6.83. The zero-order chi connectivity index (χ0) is 14.0. The topological polar surface area (TPSA) is 49.6 Å². The Labute approximate surface area is 119 Å². The maximum absolute atomic E-state index is 12.5. The molecule has 1 atom stereocenters. The fraction of sp³-hybridized carbons (Fsp3) is 0.500. The van der Waals surface area contributed by atoms with Crippen molar-refractivity contribution in [3.63, 3.8) is 0 Å². The van der Waals surface area contributed by atoms with Crippen LogP contribution >= 0.6 is 11.6 Å². The van der Waals surface area contributed by atoms with Gasteiger partial charge in [0, 0.05) is 24.7 Å². The van der Waals surface area contributed by atoms with E-state index in [1.165, 1.54) is 0 Å². The molecule has 0 saturated carbocycles. The Hall–Kier alpha value is -1.26. The third-order valence-electron chi connectivity index (χ3n) is 3.46. The van der Waals surface area contributed by atoms with Crippen LogP contribution in [0.1, 0.15) is 23.2 Å². The van der Waals surface area contributed by atoms with Crippen LogP contribution in [0.2, 0.25) is 5.02 Å². The molecule has 0 bridgehead atoms. The Bertz CT molecular complexity index is 476. The predicted octanol–water partition coefficient (Wildman–Crippen LogP) is 2.09. The number of amides is 1. The van der Waals surface area contributed by atoms with Gasteiger partial charge in [-0.1, -0.05) is 11.6 Å². The second-order valence-corrected chi connectivity index (χ2v) is 5.70. The zero-order valence-electron chi connectivity index (χ0n) is 11.4. The summed E-state index contributed by atoms with van der Waals surface area (Å²) < 4.78 is 0. The second-order valence-electron chi connectivity index (χ2n) is 5.29. The number of carbonyl (C=O) groups is 1. The standard InChI is InChI=1S/C14H20ClN3O/c1-17(2)9-11-4-3-7-18(11)14(19)10-5-6-12(15)13(16)8-10/h5-6,8,11H,3-4,7,9,16H2,1-2H3. The number of hydrogen-bond donors (Lipinski definition) is 1. The molecule has 104 valence electrons. The van der Waals surface area contributed by atoms with Crippen LogP contribution in [0, 0.1) is 0 Å². The number of likely N-dealkylation sites (N-methyl/N-ethyl adjacent to an activating group) is 1. The quantitative estimate of drug-likeness (QED) is 0.863. The number of nitrogens with zero attached hydrogens (tertiary/aromatic N) is 2. The van der Waals surface area contributed by atoms with Crippen LogP contribution in [0.15, 0.2) is 18.2 Å². The highest BCUT2D eigenvalue weighted by molar-refractivity contribution is 6.33. The molecule has 2 rings (SSSR count). The number of rotatable bonds is 3. The van der Waals surface area contributed by atoms with Gasteiger partial charge in [-0.25, -0.2) is 0 Å². The molecular weight excluding hydrogens is 262 g/mol. The average molecular weight is 282 g/mol. The third kappa shape index (κ3) is 3.19. The molecule has 0 aromatic heterocycles. The van der Waals surface area contributed by atoms with Gasteiger partial charge < -0.3 is 15.5 Å². The summed E-state index contributed by atoms with van der Waals surface area (Å²) in [5.74, 6) is 0.0488. The normalized spacial score (nSPS) is 19.2. The summed E-state index contributed by atoms with van der Waals surface area (Å²) >= 11 is 5.89. The minimum Gasteiger partial charge on any atom is -0.398 e. The molecule has 1 aromatic carbocycles. The molecule has 4 nitrogen and oxygen atoms in total. The van der Waals surface area contributed by atoms with Crippen LogP contribution in [-0.4, -0.2) is 48.9 Å². The van der Waals surface area contributed by atoms with E-state index in [1.807, 2.05) is 19.0 Å². The van der Waals surface area contributed by atoms with Crippen molar-refractivity contribution in [3.05, 3.63) is 28.8 Å². The zero-order valence-corrected chi connectivity index (χ0v) is 12.2. The summed E-state index contributed by atoms with van der Waals surface area (Å²) in [4.78, 5) is 16.6. The maximum atomic E-state index is 12.5. The molecule has 1 fully saturated rings. The predicted molar refractivity (Wildman–Crippen MR) is 78.5 cm³/mol. The van der Waals surface area contributed by atoms with E-state index in [2.05, 4.69) is 4.90 Å². The van der Waals surface area contributed by atoms with Gasteiger partial charge in [0.2, 0.25) is 0 Å². The smallest absolute Gasteiger partial charge is 0.254 e. The van der Waals surface area contributed by atoms with Crippen LogP contribution in [0.25, 0.3) is 0 Å². The molecule has 5 heteroatoms. The molecule has 1 amide bonds. The molecule has 0 aliphatic carbocycles. The van der Waals surface area contributed by atoms with E-state index in [9.17, 15) is 4.79 Å². The van der Waals surface area contributed by atoms with Gasteiger partial charge in [-0.15, -0.1) is 0 Å². The number of halogens is 1. The Balaban J connectivity index is 2.16. The van der Waals surface area contributed by atoms with Gasteiger partial charge in [0.05, 0.1) is 10.7 Å². The monoisotopic (exact) mass is 281 g/mol. The van der Waals surface area contributed by atoms with Crippen molar-refractivity contribution in [2.45, 2.75) is 18.9 Å². The van der Waals surface area contributed by atoms with Crippen LogP contribution in [-0.2, 0) is 0 Å². The van der Waals surface area contributed by atoms with Gasteiger partial charge in [-0.2, -0.15) is 0 Å². The van der Waals surface area contributed by atoms with E-state index in [0.717, 1.165) is 25.9 Å². The van der Waals surface area contributed by atoms with Crippen molar-refractivity contribution >= 4 is 23.2 Å². The van der Waals surface area contributed by atoms with Gasteiger partial charge in [-0.3, -0.25) is 4.79 Å². The number of benzene rings is 1. The van der Waals surface area contributed by atoms with Crippen molar-refractivity contribution in [2.24, 2.45) is 0 Å². The molecule has 0 radical (unpaired) electrons. The molecule has 19 heavy (non-hydrogen) atoms. The lowest BCUT2D eigenvalue weighted by atomic mass is 10.1. The summed E-state index contributed by atoms with van der Waals surface area (Å²) in [7, 11) is 4.06. The number of anilines is 1. The molecular formula is C14H20ClN3O. The largest absolute Gasteiger partial charge is 0.398 e. The molecule has 2 N–H and O–H groups in total. The van der Waals surface area contributed by atoms with Crippen molar-refractivity contribution in [3.8, 4) is 0 Å². The van der Waals surface area contributed by atoms with E-state index < -0.39 is 0 Å². The fourth-order valence-corrected chi connectivity index (χ4v) is 2.67. The first kappa shape index (κ1) is 14.2. The molecule has 1 aliphatic heterocycles. The van der Waals surface area contributed by atoms with Crippen LogP contribution < -0.4 is 5.73 Å². The van der Waals surface area contributed by atoms with Crippen LogP contribution in [0.4, 0.5) is 5.69 Å². The Morgan fingerprint density at radius 2 is 2.26 bits per heavy atom. The first-order chi connectivity index (χ1) is 8.99. The summed E-state index contributed by atoms with van der Waals surface area (Å²) in [5, 5.41) is 0.489. The highest BCUT2D eigenvalue weighted by Crippen LogP contribution is 2.24. The lowest BCUT2D eigenvalue weighted by molar-refractivity contribution is 0.0716. The van der Waals surface area contributed by atoms with Crippen molar-refractivity contribution < 1.29 is 4.79 Å². The highest BCUT2D eigenvalue weighted by atomic mass is 35.5. The van der Waals surface area contributed by atoms with Crippen LogP contribution in [0.3, 0.4) is 0 Å². The number of likely N-dealkylation sites (tertiary alicyclic amines) is 1. The molecule has 1 unspecified atom stereocenters. The molecule has 1 saturated heterocycles. The highest BCUT2D eigenvalue weighted by Gasteiger charge is 2.29. The fourth-order valence-electron chi connectivity index (χ4n) is 2.56. The number of nitrogen functional groups attached to an aromatic ring is 1. The van der Waals surface area contributed by atoms with Gasteiger partial charge in [0.1, 0.15) is 0 Å². The Kier molecular flexibility index (Phi) is 4.32. The van der Waals surface area contributed by atoms with Gasteiger partial charge in [0.25, 0.3) is 5.91 Å². The van der Waals surface area contributed by atoms with E-state index in [-0.39, 0.29) is 5.91 Å². The molecule has 0 spiro atoms. The summed E-state index contributed by atoms with van der Waals surface area (Å²) in [6, 6.07) is 5.38. The van der Waals surface area contributed by atoms with E-state index >= 15 is 0 Å². The average Bonchev–Trinajstić information content (AvgIpc) is 2.79. The lowest BCUT2D eigenvalue weighted by Gasteiger charge is -2.27. The van der Waals surface area contributed by atoms with Gasteiger partial charge >= 0.3 is 0 Å².